The van der Waals surface area contributed by atoms with Gasteiger partial charge in [-0.15, -0.1) is 6.58 Å². The molecule has 42 heavy (non-hydrogen) atoms. The number of aromatic hydroxyl groups is 1. The first-order valence-corrected chi connectivity index (χ1v) is 13.6. The van der Waals surface area contributed by atoms with Gasteiger partial charge in [0.15, 0.2) is 0 Å². The molecule has 2 aliphatic heterocycles. The number of urea groups is 1. The second-order valence-corrected chi connectivity index (χ2v) is 10.3. The van der Waals surface area contributed by atoms with E-state index in [1.54, 1.807) is 45.0 Å². The molecule has 2 heterocycles. The third kappa shape index (κ3) is 7.30. The van der Waals surface area contributed by atoms with E-state index in [2.05, 4.69) is 11.9 Å². The number of hydrogen-bond donors (Lipinski definition) is 2. The van der Waals surface area contributed by atoms with E-state index >= 15 is 0 Å². The number of amides is 4. The van der Waals surface area contributed by atoms with Crippen LogP contribution in [0.2, 0.25) is 0 Å². The molecule has 2 saturated heterocycles. The normalized spacial score (nSPS) is 19.7. The van der Waals surface area contributed by atoms with Gasteiger partial charge in [-0.3, -0.25) is 14.5 Å². The maximum Gasteiger partial charge on any atom is 0.319 e. The summed E-state index contributed by atoms with van der Waals surface area (Å²) < 4.78 is 0. The Morgan fingerprint density at radius 2 is 1.52 bits per heavy atom. The summed E-state index contributed by atoms with van der Waals surface area (Å²) in [5.41, 5.74) is 2.76. The lowest BCUT2D eigenvalue weighted by Crippen LogP contribution is -2.74. The SMILES string of the molecule is C=CC[C@@H]1CC(=O)N2[C@H](CN(Cc3ccccc3)C(=O)[C@@H]2Cc2ccc(O)cc2)N1C(=O)NCc1ccccc1.S.S. The number of hydrogen-bond acceptors (Lipinski definition) is 4. The van der Waals surface area contributed by atoms with Gasteiger partial charge in [-0.05, 0) is 35.2 Å². The molecule has 0 bridgehead atoms. The number of phenols is 1. The minimum absolute atomic E-state index is 0. The highest BCUT2D eigenvalue weighted by Gasteiger charge is 2.51. The lowest BCUT2D eigenvalue weighted by molar-refractivity contribution is -0.170. The average Bonchev–Trinajstić information content (AvgIpc) is 2.96. The van der Waals surface area contributed by atoms with Crippen LogP contribution in [0.25, 0.3) is 0 Å². The van der Waals surface area contributed by atoms with Gasteiger partial charge in [-0.2, -0.15) is 27.0 Å². The molecule has 2 aliphatic rings. The fraction of sp³-hybridized carbons (Fsp3) is 0.281. The Bertz CT molecular complexity index is 1360. The van der Waals surface area contributed by atoms with Crippen LogP contribution in [0.1, 0.15) is 29.5 Å². The Hall–Kier alpha value is -3.89. The number of carbonyl (C=O) groups is 3. The fourth-order valence-corrected chi connectivity index (χ4v) is 5.67. The van der Waals surface area contributed by atoms with Gasteiger partial charge in [-0.25, -0.2) is 4.79 Å². The topological polar surface area (TPSA) is 93.2 Å². The second-order valence-electron chi connectivity index (χ2n) is 10.3. The van der Waals surface area contributed by atoms with Crippen molar-refractivity contribution in [3.05, 3.63) is 114 Å². The van der Waals surface area contributed by atoms with E-state index in [9.17, 15) is 19.5 Å². The smallest absolute Gasteiger partial charge is 0.319 e. The lowest BCUT2D eigenvalue weighted by Gasteiger charge is -2.54. The Kier molecular flexibility index (Phi) is 11.5. The zero-order valence-corrected chi connectivity index (χ0v) is 25.4. The van der Waals surface area contributed by atoms with Crippen molar-refractivity contribution in [3.8, 4) is 5.75 Å². The molecule has 0 saturated carbocycles. The van der Waals surface area contributed by atoms with Crippen LogP contribution in [0.15, 0.2) is 97.6 Å². The Labute approximate surface area is 260 Å². The molecule has 8 nitrogen and oxygen atoms in total. The van der Waals surface area contributed by atoms with Gasteiger partial charge in [0.2, 0.25) is 11.8 Å². The molecule has 0 aromatic heterocycles. The molecule has 0 radical (unpaired) electrons. The van der Waals surface area contributed by atoms with Gasteiger partial charge >= 0.3 is 6.03 Å². The van der Waals surface area contributed by atoms with E-state index in [0.717, 1.165) is 16.7 Å². The van der Waals surface area contributed by atoms with Crippen LogP contribution in [0.5, 0.6) is 5.75 Å². The predicted octanol–water partition coefficient (Wildman–Crippen LogP) is 4.29. The lowest BCUT2D eigenvalue weighted by atomic mass is 9.94. The van der Waals surface area contributed by atoms with Gasteiger partial charge in [0.05, 0.1) is 6.54 Å². The average molecular weight is 607 g/mol. The van der Waals surface area contributed by atoms with Crippen LogP contribution < -0.4 is 5.32 Å². The molecule has 0 spiro atoms. The van der Waals surface area contributed by atoms with E-state index < -0.39 is 12.2 Å². The number of nitrogens with zero attached hydrogens (tertiary/aromatic N) is 3. The maximum atomic E-state index is 13.9. The summed E-state index contributed by atoms with van der Waals surface area (Å²) in [4.78, 5) is 46.5. The number of carbonyl (C=O) groups excluding carboxylic acids is 3. The van der Waals surface area contributed by atoms with E-state index in [-0.39, 0.29) is 76.0 Å². The Balaban J connectivity index is 0.00000242. The van der Waals surface area contributed by atoms with Crippen molar-refractivity contribution in [2.45, 2.75) is 50.6 Å². The third-order valence-electron chi connectivity index (χ3n) is 7.59. The van der Waals surface area contributed by atoms with Gasteiger partial charge in [0.1, 0.15) is 18.0 Å². The third-order valence-corrected chi connectivity index (χ3v) is 7.59. The van der Waals surface area contributed by atoms with Crippen molar-refractivity contribution in [1.82, 2.24) is 20.0 Å². The van der Waals surface area contributed by atoms with Crippen LogP contribution in [0.3, 0.4) is 0 Å². The largest absolute Gasteiger partial charge is 0.508 e. The first-order chi connectivity index (χ1) is 19.4. The Morgan fingerprint density at radius 1 is 0.905 bits per heavy atom. The highest BCUT2D eigenvalue weighted by atomic mass is 32.1. The molecule has 2 fully saturated rings. The predicted molar refractivity (Wildman–Crippen MR) is 173 cm³/mol. The molecule has 2 N–H and O–H groups in total. The maximum absolute atomic E-state index is 13.9. The van der Waals surface area contributed by atoms with Crippen LogP contribution in [-0.2, 0) is 29.1 Å². The van der Waals surface area contributed by atoms with Crippen LogP contribution >= 0.6 is 27.0 Å². The number of benzene rings is 3. The van der Waals surface area contributed by atoms with Gasteiger partial charge < -0.3 is 20.2 Å². The summed E-state index contributed by atoms with van der Waals surface area (Å²) in [5, 5.41) is 12.8. The standard InChI is InChI=1S/C32H34N4O4.2H2S/c1-2-9-26-19-30(38)36-28(18-23-14-16-27(37)17-15-23)31(39)34(21-25-12-7-4-8-13-25)22-29(36)35(26)32(40)33-20-24-10-5-3-6-11-24;;/h2-8,10-17,26,28-29,37H,1,9,18-22H2,(H,33,40);2*1H2/t26-,28+,29-;;/m1../s1. The summed E-state index contributed by atoms with van der Waals surface area (Å²) in [5.74, 6) is -0.182. The van der Waals surface area contributed by atoms with Crippen molar-refractivity contribution in [3.63, 3.8) is 0 Å². The zero-order chi connectivity index (χ0) is 28.1. The van der Waals surface area contributed by atoms with E-state index in [1.165, 1.54) is 0 Å². The minimum atomic E-state index is -0.784. The van der Waals surface area contributed by atoms with Crippen LogP contribution in [-0.4, -0.2) is 62.4 Å². The van der Waals surface area contributed by atoms with E-state index in [0.29, 0.717) is 19.5 Å². The summed E-state index contributed by atoms with van der Waals surface area (Å²) in [6.45, 7) is 4.79. The molecule has 5 rings (SSSR count). The molecule has 10 heteroatoms. The first-order valence-electron chi connectivity index (χ1n) is 13.6. The molecular weight excluding hydrogens is 569 g/mol. The van der Waals surface area contributed by atoms with Crippen LogP contribution in [0.4, 0.5) is 4.79 Å². The molecular formula is C32H38N4O4S2. The number of fused-ring (bicyclic) bond motifs is 1. The highest BCUT2D eigenvalue weighted by Crippen LogP contribution is 2.32. The monoisotopic (exact) mass is 606 g/mol. The van der Waals surface area contributed by atoms with Gasteiger partial charge in [-0.1, -0.05) is 78.9 Å². The van der Waals surface area contributed by atoms with Crippen molar-refractivity contribution in [1.29, 1.82) is 0 Å². The quantitative estimate of drug-likeness (QED) is 0.375. The molecule has 3 aromatic rings. The highest BCUT2D eigenvalue weighted by molar-refractivity contribution is 7.59. The number of nitrogens with one attached hydrogen (secondary N) is 1. The second kappa shape index (κ2) is 14.8. The van der Waals surface area contributed by atoms with Crippen molar-refractivity contribution < 1.29 is 19.5 Å². The number of phenolic OH excluding ortho intramolecular Hbond substituents is 1. The van der Waals surface area contributed by atoms with Crippen molar-refractivity contribution in [2.75, 3.05) is 6.54 Å². The molecule has 4 amide bonds. The fourth-order valence-electron chi connectivity index (χ4n) is 5.67. The molecule has 222 valence electrons. The van der Waals surface area contributed by atoms with Crippen molar-refractivity contribution in [2.24, 2.45) is 0 Å². The van der Waals surface area contributed by atoms with Gasteiger partial charge in [0.25, 0.3) is 0 Å². The van der Waals surface area contributed by atoms with Gasteiger partial charge in [0, 0.05) is 32.0 Å². The summed E-state index contributed by atoms with van der Waals surface area (Å²) in [7, 11) is 0. The minimum Gasteiger partial charge on any atom is -0.508 e. The summed E-state index contributed by atoms with van der Waals surface area (Å²) in [6, 6.07) is 24.6. The summed E-state index contributed by atoms with van der Waals surface area (Å²) in [6.07, 6.45) is 1.95. The van der Waals surface area contributed by atoms with Crippen molar-refractivity contribution >= 4 is 44.8 Å². The van der Waals surface area contributed by atoms with Crippen LogP contribution in [0, 0.1) is 0 Å². The van der Waals surface area contributed by atoms with E-state index in [1.807, 2.05) is 60.7 Å². The molecule has 3 atom stereocenters. The molecule has 0 unspecified atom stereocenters. The van der Waals surface area contributed by atoms with E-state index in [4.69, 9.17) is 0 Å². The number of rotatable bonds is 8. The number of piperazine rings is 1. The first kappa shape index (κ1) is 32.6. The zero-order valence-electron chi connectivity index (χ0n) is 23.4. The molecule has 3 aromatic carbocycles. The Morgan fingerprint density at radius 3 is 2.14 bits per heavy atom. The summed E-state index contributed by atoms with van der Waals surface area (Å²) >= 11 is 0. The molecule has 0 aliphatic carbocycles.